The third-order valence-corrected chi connectivity index (χ3v) is 8.42. The second-order valence-electron chi connectivity index (χ2n) is 8.67. The van der Waals surface area contributed by atoms with Crippen molar-refractivity contribution in [3.63, 3.8) is 0 Å². The van der Waals surface area contributed by atoms with Crippen LogP contribution in [-0.2, 0) is 10.0 Å². The minimum Gasteiger partial charge on any atom is -0.338 e. The Bertz CT molecular complexity index is 1520. The van der Waals surface area contributed by atoms with E-state index < -0.39 is 10.0 Å². The lowest BCUT2D eigenvalue weighted by molar-refractivity contribution is 0.0695. The normalized spacial score (nSPS) is 14.8. The van der Waals surface area contributed by atoms with Crippen molar-refractivity contribution in [1.82, 2.24) is 14.5 Å². The van der Waals surface area contributed by atoms with Gasteiger partial charge in [-0.15, -0.1) is 0 Å². The molecule has 0 atom stereocenters. The highest BCUT2D eigenvalue weighted by molar-refractivity contribution is 7.92. The molecule has 0 bridgehead atoms. The summed E-state index contributed by atoms with van der Waals surface area (Å²) in [6.45, 7) is 1.04. The number of benzene rings is 3. The van der Waals surface area contributed by atoms with Crippen LogP contribution in [0, 0.1) is 0 Å². The predicted octanol–water partition coefficient (Wildman–Crippen LogP) is 3.63. The van der Waals surface area contributed by atoms with Gasteiger partial charge in [-0.25, -0.2) is 13.2 Å². The van der Waals surface area contributed by atoms with Gasteiger partial charge >= 0.3 is 5.69 Å². The van der Waals surface area contributed by atoms with Crippen LogP contribution < -0.4 is 9.99 Å². The first-order chi connectivity index (χ1) is 16.9. The van der Waals surface area contributed by atoms with E-state index in [0.717, 1.165) is 11.0 Å². The van der Waals surface area contributed by atoms with E-state index >= 15 is 0 Å². The lowest BCUT2D eigenvalue weighted by Gasteiger charge is -2.32. The molecular formula is C26H26N4O4S. The van der Waals surface area contributed by atoms with Crippen LogP contribution in [0.25, 0.3) is 11.0 Å². The fourth-order valence-electron chi connectivity index (χ4n) is 4.65. The second-order valence-corrected chi connectivity index (χ2v) is 10.6. The number of aromatic nitrogens is 2. The number of aromatic amines is 1. The quantitative estimate of drug-likeness (QED) is 0.462. The van der Waals surface area contributed by atoms with Crippen LogP contribution in [0.15, 0.2) is 88.6 Å². The number of hydrogen-bond donors (Lipinski definition) is 1. The van der Waals surface area contributed by atoms with E-state index in [4.69, 9.17) is 0 Å². The van der Waals surface area contributed by atoms with Crippen LogP contribution in [0.4, 0.5) is 5.69 Å². The molecule has 1 N–H and O–H groups in total. The van der Waals surface area contributed by atoms with Gasteiger partial charge < -0.3 is 9.88 Å². The van der Waals surface area contributed by atoms with Crippen LogP contribution in [0.3, 0.4) is 0 Å². The summed E-state index contributed by atoms with van der Waals surface area (Å²) >= 11 is 0. The standard InChI is InChI=1S/C26H26N4O4S/c1-28(20-7-3-2-4-8-20)35(33,34)22-13-11-19(12-14-22)25(31)29-17-15-21(16-18-29)30-24-10-6-5-9-23(24)27-26(30)32/h2-14,21H,15-18H2,1H3,(H,27,32). The smallest absolute Gasteiger partial charge is 0.326 e. The topological polar surface area (TPSA) is 95.5 Å². The summed E-state index contributed by atoms with van der Waals surface area (Å²) in [5.74, 6) is -0.143. The van der Waals surface area contributed by atoms with Crippen molar-refractivity contribution >= 4 is 32.7 Å². The molecule has 4 aromatic rings. The van der Waals surface area contributed by atoms with Crippen molar-refractivity contribution < 1.29 is 13.2 Å². The lowest BCUT2D eigenvalue weighted by atomic mass is 10.0. The number of sulfonamides is 1. The van der Waals surface area contributed by atoms with Gasteiger partial charge in [-0.05, 0) is 61.4 Å². The maximum Gasteiger partial charge on any atom is 0.326 e. The van der Waals surface area contributed by atoms with Gasteiger partial charge in [-0.3, -0.25) is 13.7 Å². The van der Waals surface area contributed by atoms with Gasteiger partial charge in [0.25, 0.3) is 15.9 Å². The molecule has 0 aliphatic carbocycles. The largest absolute Gasteiger partial charge is 0.338 e. The van der Waals surface area contributed by atoms with Gasteiger partial charge in [-0.2, -0.15) is 0 Å². The Balaban J connectivity index is 1.28. The van der Waals surface area contributed by atoms with Crippen molar-refractivity contribution in [2.75, 3.05) is 24.4 Å². The molecule has 0 radical (unpaired) electrons. The summed E-state index contributed by atoms with van der Waals surface area (Å²) in [7, 11) is -2.23. The summed E-state index contributed by atoms with van der Waals surface area (Å²) in [4.78, 5) is 30.4. The minimum absolute atomic E-state index is 0.0174. The van der Waals surface area contributed by atoms with Crippen molar-refractivity contribution in [2.45, 2.75) is 23.8 Å². The summed E-state index contributed by atoms with van der Waals surface area (Å²) in [5.41, 5.74) is 2.55. The predicted molar refractivity (Wildman–Crippen MR) is 135 cm³/mol. The van der Waals surface area contributed by atoms with Crippen molar-refractivity contribution in [2.24, 2.45) is 0 Å². The molecule has 0 spiro atoms. The Kier molecular flexibility index (Phi) is 5.94. The third kappa shape index (κ3) is 4.23. The van der Waals surface area contributed by atoms with Gasteiger partial charge in [0.1, 0.15) is 0 Å². The van der Waals surface area contributed by atoms with Crippen LogP contribution in [-0.4, -0.2) is 48.9 Å². The van der Waals surface area contributed by atoms with Crippen molar-refractivity contribution in [3.05, 3.63) is 94.9 Å². The summed E-state index contributed by atoms with van der Waals surface area (Å²) in [6.07, 6.45) is 1.34. The molecule has 9 heteroatoms. The molecule has 1 fully saturated rings. The van der Waals surface area contributed by atoms with Crippen molar-refractivity contribution in [1.29, 1.82) is 0 Å². The van der Waals surface area contributed by atoms with Gasteiger partial charge in [0, 0.05) is 31.7 Å². The molecular weight excluding hydrogens is 464 g/mol. The molecule has 8 nitrogen and oxygen atoms in total. The van der Waals surface area contributed by atoms with Crippen LogP contribution >= 0.6 is 0 Å². The number of imidazole rings is 1. The molecule has 180 valence electrons. The number of fused-ring (bicyclic) bond motifs is 1. The first kappa shape index (κ1) is 22.9. The number of rotatable bonds is 5. The number of anilines is 1. The first-order valence-electron chi connectivity index (χ1n) is 11.5. The molecule has 0 saturated carbocycles. The van der Waals surface area contributed by atoms with Crippen LogP contribution in [0.5, 0.6) is 0 Å². The SMILES string of the molecule is CN(c1ccccc1)S(=O)(=O)c1ccc(C(=O)N2CCC(n3c(=O)[nH]c4ccccc43)CC2)cc1. The Morgan fingerprint density at radius 2 is 1.54 bits per heavy atom. The van der Waals surface area contributed by atoms with E-state index in [1.165, 1.54) is 23.5 Å². The Hall–Kier alpha value is -3.85. The fourth-order valence-corrected chi connectivity index (χ4v) is 5.85. The number of carbonyl (C=O) groups excluding carboxylic acids is 1. The number of H-pyrrole nitrogens is 1. The molecule has 35 heavy (non-hydrogen) atoms. The van der Waals surface area contributed by atoms with Crippen LogP contribution in [0.2, 0.25) is 0 Å². The second kappa shape index (κ2) is 9.07. The van der Waals surface area contributed by atoms with E-state index in [-0.39, 0.29) is 22.5 Å². The molecule has 5 rings (SSSR count). The molecule has 3 aromatic carbocycles. The number of para-hydroxylation sites is 3. The van der Waals surface area contributed by atoms with E-state index in [9.17, 15) is 18.0 Å². The average molecular weight is 491 g/mol. The van der Waals surface area contributed by atoms with Gasteiger partial charge in [0.15, 0.2) is 0 Å². The van der Waals surface area contributed by atoms with Gasteiger partial charge in [0.05, 0.1) is 21.6 Å². The molecule has 1 aromatic heterocycles. The van der Waals surface area contributed by atoms with Crippen LogP contribution in [0.1, 0.15) is 29.2 Å². The maximum absolute atomic E-state index is 13.1. The number of amides is 1. The zero-order valence-electron chi connectivity index (χ0n) is 19.3. The molecule has 1 aliphatic heterocycles. The third-order valence-electron chi connectivity index (χ3n) is 6.62. The molecule has 1 aliphatic rings. The zero-order chi connectivity index (χ0) is 24.6. The number of nitrogens with one attached hydrogen (secondary N) is 1. The highest BCUT2D eigenvalue weighted by Crippen LogP contribution is 2.26. The van der Waals surface area contributed by atoms with Gasteiger partial charge in [0.2, 0.25) is 0 Å². The zero-order valence-corrected chi connectivity index (χ0v) is 20.1. The molecule has 1 saturated heterocycles. The maximum atomic E-state index is 13.1. The first-order valence-corrected chi connectivity index (χ1v) is 12.9. The van der Waals surface area contributed by atoms with E-state index in [0.29, 0.717) is 37.2 Å². The minimum atomic E-state index is -3.74. The Morgan fingerprint density at radius 3 is 2.23 bits per heavy atom. The molecule has 0 unspecified atom stereocenters. The number of piperidine rings is 1. The summed E-state index contributed by atoms with van der Waals surface area (Å²) < 4.78 is 29.0. The lowest BCUT2D eigenvalue weighted by Crippen LogP contribution is -2.40. The van der Waals surface area contributed by atoms with E-state index in [2.05, 4.69) is 4.98 Å². The average Bonchev–Trinajstić information content (AvgIpc) is 3.24. The number of nitrogens with zero attached hydrogens (tertiary/aromatic N) is 3. The van der Waals surface area contributed by atoms with E-state index in [1.54, 1.807) is 45.9 Å². The Morgan fingerprint density at radius 1 is 0.914 bits per heavy atom. The molecule has 1 amide bonds. The fraction of sp³-hybridized carbons (Fsp3) is 0.231. The summed E-state index contributed by atoms with van der Waals surface area (Å²) in [5, 5.41) is 0. The number of hydrogen-bond acceptors (Lipinski definition) is 4. The monoisotopic (exact) mass is 490 g/mol. The van der Waals surface area contributed by atoms with Crippen molar-refractivity contribution in [3.8, 4) is 0 Å². The highest BCUT2D eigenvalue weighted by atomic mass is 32.2. The highest BCUT2D eigenvalue weighted by Gasteiger charge is 2.27. The van der Waals surface area contributed by atoms with E-state index in [1.807, 2.05) is 30.3 Å². The Labute approximate surface area is 203 Å². The number of carbonyl (C=O) groups is 1. The number of likely N-dealkylation sites (tertiary alicyclic amines) is 1. The molecule has 2 heterocycles. The summed E-state index contributed by atoms with van der Waals surface area (Å²) in [6, 6.07) is 22.5. The van der Waals surface area contributed by atoms with Gasteiger partial charge in [-0.1, -0.05) is 30.3 Å².